The second-order valence-corrected chi connectivity index (χ2v) is 5.97. The number of carbonyl (C=O) groups excluding carboxylic acids is 1. The molecule has 1 aliphatic heterocycles. The highest BCUT2D eigenvalue weighted by Crippen LogP contribution is 2.24. The lowest BCUT2D eigenvalue weighted by atomic mass is 10.1. The summed E-state index contributed by atoms with van der Waals surface area (Å²) in [6, 6.07) is 5.32. The third kappa shape index (κ3) is 3.66. The van der Waals surface area contributed by atoms with Crippen molar-refractivity contribution in [1.82, 2.24) is 10.2 Å². The molecule has 0 radical (unpaired) electrons. The molecule has 1 fully saturated rings. The number of rotatable bonds is 5. The van der Waals surface area contributed by atoms with E-state index in [2.05, 4.69) is 12.2 Å². The van der Waals surface area contributed by atoms with Crippen molar-refractivity contribution in [3.8, 4) is 0 Å². The van der Waals surface area contributed by atoms with Gasteiger partial charge in [-0.3, -0.25) is 4.79 Å². The molecule has 0 aliphatic carbocycles. The predicted octanol–water partition coefficient (Wildman–Crippen LogP) is 3.60. The highest BCUT2D eigenvalue weighted by atomic mass is 35.5. The Balaban J connectivity index is 2.20. The van der Waals surface area contributed by atoms with Gasteiger partial charge in [-0.2, -0.15) is 0 Å². The Morgan fingerprint density at radius 1 is 1.45 bits per heavy atom. The van der Waals surface area contributed by atoms with Gasteiger partial charge in [-0.1, -0.05) is 36.5 Å². The van der Waals surface area contributed by atoms with Crippen LogP contribution in [0.25, 0.3) is 0 Å². The summed E-state index contributed by atoms with van der Waals surface area (Å²) in [5, 5.41) is 4.29. The van der Waals surface area contributed by atoms with E-state index in [9.17, 15) is 4.79 Å². The van der Waals surface area contributed by atoms with Crippen LogP contribution in [0, 0.1) is 0 Å². The van der Waals surface area contributed by atoms with E-state index in [-0.39, 0.29) is 11.9 Å². The van der Waals surface area contributed by atoms with Gasteiger partial charge < -0.3 is 10.2 Å². The molecule has 0 bridgehead atoms. The molecule has 1 heterocycles. The van der Waals surface area contributed by atoms with Crippen molar-refractivity contribution >= 4 is 29.1 Å². The maximum Gasteiger partial charge on any atom is 0.255 e. The molecular formula is C15H20Cl2N2O. The van der Waals surface area contributed by atoms with Crippen molar-refractivity contribution in [2.45, 2.75) is 32.2 Å². The van der Waals surface area contributed by atoms with Crippen LogP contribution in [0.5, 0.6) is 0 Å². The Kier molecular flexibility index (Phi) is 5.70. The number of carbonyl (C=O) groups is 1. The highest BCUT2D eigenvalue weighted by molar-refractivity contribution is 6.36. The Hall–Kier alpha value is -0.770. The molecule has 1 atom stereocenters. The van der Waals surface area contributed by atoms with Crippen LogP contribution in [0.1, 0.15) is 36.5 Å². The minimum atomic E-state index is 0.00816. The molecule has 0 spiro atoms. The second-order valence-electron chi connectivity index (χ2n) is 5.12. The van der Waals surface area contributed by atoms with E-state index in [4.69, 9.17) is 23.2 Å². The van der Waals surface area contributed by atoms with Crippen molar-refractivity contribution in [3.63, 3.8) is 0 Å². The lowest BCUT2D eigenvalue weighted by Crippen LogP contribution is -2.42. The maximum atomic E-state index is 12.7. The van der Waals surface area contributed by atoms with Crippen LogP contribution < -0.4 is 5.32 Å². The van der Waals surface area contributed by atoms with Gasteiger partial charge >= 0.3 is 0 Å². The van der Waals surface area contributed by atoms with Crippen molar-refractivity contribution in [1.29, 1.82) is 0 Å². The summed E-state index contributed by atoms with van der Waals surface area (Å²) in [6.07, 6.45) is 3.08. The lowest BCUT2D eigenvalue weighted by molar-refractivity contribution is 0.0689. The first-order valence-corrected chi connectivity index (χ1v) is 7.85. The van der Waals surface area contributed by atoms with Crippen LogP contribution in [0.15, 0.2) is 18.2 Å². The Bertz CT molecular complexity index is 473. The van der Waals surface area contributed by atoms with Crippen LogP contribution in [0.4, 0.5) is 0 Å². The van der Waals surface area contributed by atoms with E-state index in [1.807, 2.05) is 4.90 Å². The predicted molar refractivity (Wildman–Crippen MR) is 83.7 cm³/mol. The molecule has 5 heteroatoms. The van der Waals surface area contributed by atoms with Crippen LogP contribution in [-0.4, -0.2) is 36.5 Å². The van der Waals surface area contributed by atoms with E-state index in [1.54, 1.807) is 18.2 Å². The van der Waals surface area contributed by atoms with E-state index in [1.165, 1.54) is 0 Å². The van der Waals surface area contributed by atoms with E-state index in [0.29, 0.717) is 15.6 Å². The average molecular weight is 315 g/mol. The first-order chi connectivity index (χ1) is 9.63. The second kappa shape index (κ2) is 7.30. The Labute approximate surface area is 130 Å². The number of hydrogen-bond donors (Lipinski definition) is 1. The smallest absolute Gasteiger partial charge is 0.255 e. The molecule has 0 aromatic heterocycles. The number of hydrogen-bond acceptors (Lipinski definition) is 2. The topological polar surface area (TPSA) is 32.3 Å². The molecule has 0 saturated carbocycles. The van der Waals surface area contributed by atoms with Crippen LogP contribution >= 0.6 is 23.2 Å². The number of halogens is 2. The number of nitrogens with zero attached hydrogens (tertiary/aromatic N) is 1. The molecule has 1 aliphatic rings. The SMILES string of the molecule is CCCCN(C(=O)c1ccc(Cl)cc1Cl)C1CCNC1. The van der Waals surface area contributed by atoms with Gasteiger partial charge in [-0.05, 0) is 37.6 Å². The van der Waals surface area contributed by atoms with Gasteiger partial charge in [0.1, 0.15) is 0 Å². The fraction of sp³-hybridized carbons (Fsp3) is 0.533. The number of unbranched alkanes of at least 4 members (excludes halogenated alkanes) is 1. The standard InChI is InChI=1S/C15H20Cl2N2O/c1-2-3-8-19(12-6-7-18-10-12)15(20)13-5-4-11(16)9-14(13)17/h4-5,9,12,18H,2-3,6-8,10H2,1H3. The van der Waals surface area contributed by atoms with Crippen molar-refractivity contribution in [2.24, 2.45) is 0 Å². The molecule has 20 heavy (non-hydrogen) atoms. The quantitative estimate of drug-likeness (QED) is 0.900. The molecule has 2 rings (SSSR count). The molecule has 1 saturated heterocycles. The summed E-state index contributed by atoms with van der Waals surface area (Å²) in [6.45, 7) is 4.74. The number of amides is 1. The summed E-state index contributed by atoms with van der Waals surface area (Å²) >= 11 is 12.1. The van der Waals surface area contributed by atoms with Gasteiger partial charge in [-0.15, -0.1) is 0 Å². The fourth-order valence-electron chi connectivity index (χ4n) is 2.50. The third-order valence-corrected chi connectivity index (χ3v) is 4.20. The van der Waals surface area contributed by atoms with E-state index in [0.717, 1.165) is 38.9 Å². The highest BCUT2D eigenvalue weighted by Gasteiger charge is 2.27. The summed E-state index contributed by atoms with van der Waals surface area (Å²) in [4.78, 5) is 14.7. The molecule has 1 amide bonds. The van der Waals surface area contributed by atoms with Gasteiger partial charge in [0.25, 0.3) is 5.91 Å². The first-order valence-electron chi connectivity index (χ1n) is 7.10. The number of nitrogens with one attached hydrogen (secondary N) is 1. The summed E-state index contributed by atoms with van der Waals surface area (Å²) in [5.41, 5.74) is 0.541. The minimum Gasteiger partial charge on any atom is -0.334 e. The van der Waals surface area contributed by atoms with Gasteiger partial charge in [0.05, 0.1) is 10.6 Å². The third-order valence-electron chi connectivity index (χ3n) is 3.65. The largest absolute Gasteiger partial charge is 0.334 e. The molecule has 1 aromatic rings. The zero-order chi connectivity index (χ0) is 14.5. The Morgan fingerprint density at radius 3 is 2.85 bits per heavy atom. The van der Waals surface area contributed by atoms with Crippen molar-refractivity contribution < 1.29 is 4.79 Å². The molecule has 3 nitrogen and oxygen atoms in total. The average Bonchev–Trinajstić information content (AvgIpc) is 2.93. The lowest BCUT2D eigenvalue weighted by Gasteiger charge is -2.29. The Morgan fingerprint density at radius 2 is 2.25 bits per heavy atom. The normalized spacial score (nSPS) is 18.2. The van der Waals surface area contributed by atoms with E-state index >= 15 is 0 Å². The van der Waals surface area contributed by atoms with Gasteiger partial charge in [0, 0.05) is 24.2 Å². The van der Waals surface area contributed by atoms with Gasteiger partial charge in [0.15, 0.2) is 0 Å². The summed E-state index contributed by atoms with van der Waals surface area (Å²) in [5.74, 6) is 0.00816. The van der Waals surface area contributed by atoms with Crippen LogP contribution in [0.3, 0.4) is 0 Å². The van der Waals surface area contributed by atoms with Gasteiger partial charge in [0.2, 0.25) is 0 Å². The fourth-order valence-corrected chi connectivity index (χ4v) is 2.99. The minimum absolute atomic E-state index is 0.00816. The summed E-state index contributed by atoms with van der Waals surface area (Å²) in [7, 11) is 0. The van der Waals surface area contributed by atoms with E-state index < -0.39 is 0 Å². The maximum absolute atomic E-state index is 12.7. The zero-order valence-corrected chi connectivity index (χ0v) is 13.2. The first kappa shape index (κ1) is 15.6. The molecule has 1 unspecified atom stereocenters. The van der Waals surface area contributed by atoms with Gasteiger partial charge in [-0.25, -0.2) is 0 Å². The molecule has 1 aromatic carbocycles. The summed E-state index contributed by atoms with van der Waals surface area (Å²) < 4.78 is 0. The van der Waals surface area contributed by atoms with Crippen molar-refractivity contribution in [3.05, 3.63) is 33.8 Å². The zero-order valence-electron chi connectivity index (χ0n) is 11.7. The van der Waals surface area contributed by atoms with Crippen LogP contribution in [-0.2, 0) is 0 Å². The monoisotopic (exact) mass is 314 g/mol. The molecule has 1 N–H and O–H groups in total. The van der Waals surface area contributed by atoms with Crippen LogP contribution in [0.2, 0.25) is 10.0 Å². The molecular weight excluding hydrogens is 295 g/mol. The van der Waals surface area contributed by atoms with Crippen molar-refractivity contribution in [2.75, 3.05) is 19.6 Å². The molecule has 110 valence electrons. The number of benzene rings is 1.